The van der Waals surface area contributed by atoms with Crippen LogP contribution in [0, 0.1) is 6.92 Å². The topological polar surface area (TPSA) is 63.5 Å². The molecule has 0 amide bonds. The van der Waals surface area contributed by atoms with Crippen molar-refractivity contribution in [1.29, 1.82) is 0 Å². The quantitative estimate of drug-likeness (QED) is 0.285. The van der Waals surface area contributed by atoms with Gasteiger partial charge in [0.15, 0.2) is 5.96 Å². The van der Waals surface area contributed by atoms with Crippen molar-refractivity contribution in [3.63, 3.8) is 0 Å². The standard InChI is InChI=1S/C17H25N5O.HI/c1-3-19-17(20-9-12-22-11-8-18-14-22)21-10-13-23-16-6-4-15(2)5-7-16;/h4-8,11,14H,3,9-10,12-13H2,1-2H3,(H2,19,20,21);1H. The Balaban J connectivity index is 0.00000288. The number of rotatable bonds is 8. The lowest BCUT2D eigenvalue weighted by Gasteiger charge is -2.12. The van der Waals surface area contributed by atoms with Crippen LogP contribution in [0.15, 0.2) is 48.0 Å². The van der Waals surface area contributed by atoms with E-state index in [9.17, 15) is 0 Å². The Kier molecular flexibility index (Phi) is 9.90. The van der Waals surface area contributed by atoms with Crippen LogP contribution in [-0.4, -0.2) is 41.8 Å². The van der Waals surface area contributed by atoms with E-state index in [1.165, 1.54) is 5.56 Å². The maximum absolute atomic E-state index is 5.70. The molecule has 0 bridgehead atoms. The molecule has 0 unspecified atom stereocenters. The molecule has 0 spiro atoms. The fraction of sp³-hybridized carbons (Fsp3) is 0.412. The van der Waals surface area contributed by atoms with Crippen molar-refractivity contribution in [2.45, 2.75) is 20.4 Å². The number of guanidine groups is 1. The Hall–Kier alpha value is -1.77. The highest BCUT2D eigenvalue weighted by molar-refractivity contribution is 14.0. The molecule has 0 radical (unpaired) electrons. The molecule has 0 atom stereocenters. The van der Waals surface area contributed by atoms with Gasteiger partial charge in [0.1, 0.15) is 12.4 Å². The average molecular weight is 443 g/mol. The first-order valence-electron chi connectivity index (χ1n) is 7.95. The van der Waals surface area contributed by atoms with Crippen molar-refractivity contribution in [1.82, 2.24) is 20.2 Å². The number of hydrogen-bond donors (Lipinski definition) is 2. The number of imidazole rings is 1. The van der Waals surface area contributed by atoms with E-state index in [0.717, 1.165) is 24.8 Å². The molecular formula is C17H26IN5O. The molecule has 1 aromatic carbocycles. The minimum absolute atomic E-state index is 0. The number of benzene rings is 1. The van der Waals surface area contributed by atoms with Gasteiger partial charge in [-0.05, 0) is 26.0 Å². The van der Waals surface area contributed by atoms with Gasteiger partial charge < -0.3 is 19.9 Å². The normalized spacial score (nSPS) is 10.8. The van der Waals surface area contributed by atoms with Gasteiger partial charge >= 0.3 is 0 Å². The van der Waals surface area contributed by atoms with Gasteiger partial charge in [-0.25, -0.2) is 4.98 Å². The number of aliphatic imine (C=N–C) groups is 1. The summed E-state index contributed by atoms with van der Waals surface area (Å²) in [7, 11) is 0. The Bertz CT molecular complexity index is 584. The van der Waals surface area contributed by atoms with Crippen LogP contribution in [0.2, 0.25) is 0 Å². The highest BCUT2D eigenvalue weighted by Crippen LogP contribution is 2.10. The van der Waals surface area contributed by atoms with E-state index in [1.807, 2.05) is 35.0 Å². The summed E-state index contributed by atoms with van der Waals surface area (Å²) < 4.78 is 7.70. The summed E-state index contributed by atoms with van der Waals surface area (Å²) in [5.74, 6) is 1.69. The van der Waals surface area contributed by atoms with Crippen LogP contribution < -0.4 is 15.4 Å². The van der Waals surface area contributed by atoms with Crippen molar-refractivity contribution >= 4 is 29.9 Å². The minimum atomic E-state index is 0. The van der Waals surface area contributed by atoms with Crippen LogP contribution >= 0.6 is 24.0 Å². The van der Waals surface area contributed by atoms with Crippen LogP contribution in [0.3, 0.4) is 0 Å². The highest BCUT2D eigenvalue weighted by Gasteiger charge is 1.98. The summed E-state index contributed by atoms with van der Waals surface area (Å²) in [5.41, 5.74) is 1.23. The zero-order chi connectivity index (χ0) is 16.3. The van der Waals surface area contributed by atoms with Crippen LogP contribution in [0.5, 0.6) is 5.75 Å². The van der Waals surface area contributed by atoms with Gasteiger partial charge in [0.25, 0.3) is 0 Å². The predicted molar refractivity (Wildman–Crippen MR) is 108 cm³/mol. The van der Waals surface area contributed by atoms with Gasteiger partial charge in [-0.2, -0.15) is 0 Å². The van der Waals surface area contributed by atoms with Crippen molar-refractivity contribution < 1.29 is 4.74 Å². The van der Waals surface area contributed by atoms with E-state index < -0.39 is 0 Å². The Morgan fingerprint density at radius 3 is 2.71 bits per heavy atom. The minimum Gasteiger partial charge on any atom is -0.492 e. The molecule has 24 heavy (non-hydrogen) atoms. The number of nitrogens with zero attached hydrogens (tertiary/aromatic N) is 3. The Morgan fingerprint density at radius 2 is 2.04 bits per heavy atom. The molecule has 0 aliphatic heterocycles. The lowest BCUT2D eigenvalue weighted by molar-refractivity contribution is 0.322. The van der Waals surface area contributed by atoms with Gasteiger partial charge in [-0.15, -0.1) is 24.0 Å². The van der Waals surface area contributed by atoms with Gasteiger partial charge in [-0.1, -0.05) is 17.7 Å². The second-order valence-corrected chi connectivity index (χ2v) is 5.15. The molecule has 2 rings (SSSR count). The molecule has 0 saturated heterocycles. The van der Waals surface area contributed by atoms with Crippen LogP contribution in [0.4, 0.5) is 0 Å². The van der Waals surface area contributed by atoms with Crippen molar-refractivity contribution in [2.75, 3.05) is 26.2 Å². The zero-order valence-electron chi connectivity index (χ0n) is 14.2. The third-order valence-corrected chi connectivity index (χ3v) is 3.22. The van der Waals surface area contributed by atoms with E-state index in [2.05, 4.69) is 34.5 Å². The molecule has 132 valence electrons. The van der Waals surface area contributed by atoms with Crippen molar-refractivity contribution in [2.24, 2.45) is 4.99 Å². The SMILES string of the molecule is CCNC(=NCCn1ccnc1)NCCOc1ccc(C)cc1.I. The van der Waals surface area contributed by atoms with Crippen molar-refractivity contribution in [3.05, 3.63) is 48.5 Å². The van der Waals surface area contributed by atoms with E-state index in [1.54, 1.807) is 12.5 Å². The fourth-order valence-corrected chi connectivity index (χ4v) is 2.01. The second kappa shape index (κ2) is 11.7. The molecule has 1 aromatic heterocycles. The first kappa shape index (κ1) is 20.3. The number of aryl methyl sites for hydroxylation is 1. The smallest absolute Gasteiger partial charge is 0.191 e. The lowest BCUT2D eigenvalue weighted by Crippen LogP contribution is -2.39. The summed E-state index contributed by atoms with van der Waals surface area (Å²) in [6, 6.07) is 8.06. The summed E-state index contributed by atoms with van der Waals surface area (Å²) in [4.78, 5) is 8.55. The van der Waals surface area contributed by atoms with Gasteiger partial charge in [0.05, 0.1) is 19.4 Å². The molecule has 0 aliphatic rings. The first-order chi connectivity index (χ1) is 11.3. The highest BCUT2D eigenvalue weighted by atomic mass is 127. The van der Waals surface area contributed by atoms with E-state index in [-0.39, 0.29) is 24.0 Å². The molecule has 6 nitrogen and oxygen atoms in total. The van der Waals surface area contributed by atoms with Crippen LogP contribution in [-0.2, 0) is 6.54 Å². The Labute approximate surface area is 160 Å². The molecule has 0 saturated carbocycles. The molecule has 1 heterocycles. The summed E-state index contributed by atoms with van der Waals surface area (Å²) in [5, 5.41) is 6.50. The fourth-order valence-electron chi connectivity index (χ4n) is 2.01. The number of ether oxygens (including phenoxy) is 1. The zero-order valence-corrected chi connectivity index (χ0v) is 16.6. The van der Waals surface area contributed by atoms with E-state index in [0.29, 0.717) is 19.7 Å². The molecule has 0 fully saturated rings. The van der Waals surface area contributed by atoms with E-state index >= 15 is 0 Å². The maximum Gasteiger partial charge on any atom is 0.191 e. The molecule has 7 heteroatoms. The summed E-state index contributed by atoms with van der Waals surface area (Å²) in [6.07, 6.45) is 5.51. The number of nitrogens with one attached hydrogen (secondary N) is 2. The van der Waals surface area contributed by atoms with Gasteiger partial charge in [-0.3, -0.25) is 4.99 Å². The second-order valence-electron chi connectivity index (χ2n) is 5.15. The number of halogens is 1. The number of hydrogen-bond acceptors (Lipinski definition) is 3. The monoisotopic (exact) mass is 443 g/mol. The third kappa shape index (κ3) is 7.67. The average Bonchev–Trinajstić information content (AvgIpc) is 3.06. The summed E-state index contributed by atoms with van der Waals surface area (Å²) >= 11 is 0. The first-order valence-corrected chi connectivity index (χ1v) is 7.95. The third-order valence-electron chi connectivity index (χ3n) is 3.22. The molecule has 2 aromatic rings. The lowest BCUT2D eigenvalue weighted by atomic mass is 10.2. The van der Waals surface area contributed by atoms with Gasteiger partial charge in [0.2, 0.25) is 0 Å². The van der Waals surface area contributed by atoms with Crippen molar-refractivity contribution in [3.8, 4) is 5.75 Å². The van der Waals surface area contributed by atoms with Crippen LogP contribution in [0.1, 0.15) is 12.5 Å². The van der Waals surface area contributed by atoms with Gasteiger partial charge in [0, 0.05) is 25.5 Å². The maximum atomic E-state index is 5.70. The largest absolute Gasteiger partial charge is 0.492 e. The number of aromatic nitrogens is 2. The Morgan fingerprint density at radius 1 is 1.25 bits per heavy atom. The van der Waals surface area contributed by atoms with E-state index in [4.69, 9.17) is 4.74 Å². The molecule has 0 aliphatic carbocycles. The van der Waals surface area contributed by atoms with Crippen LogP contribution in [0.25, 0.3) is 0 Å². The molecule has 2 N–H and O–H groups in total. The predicted octanol–water partition coefficient (Wildman–Crippen LogP) is 2.44. The summed E-state index contributed by atoms with van der Waals surface area (Å²) in [6.45, 7) is 7.75. The molecular weight excluding hydrogens is 417 g/mol.